The van der Waals surface area contributed by atoms with Crippen LogP contribution in [0.1, 0.15) is 58.9 Å². The average Bonchev–Trinajstić information content (AvgIpc) is 3.85. The van der Waals surface area contributed by atoms with Gasteiger partial charge in [0, 0.05) is 17.7 Å². The number of hydrogen-bond donors (Lipinski definition) is 1. The van der Waals surface area contributed by atoms with Gasteiger partial charge in [-0.25, -0.2) is 9.78 Å². The third-order valence-corrected chi connectivity index (χ3v) is 8.53. The van der Waals surface area contributed by atoms with Gasteiger partial charge in [-0.1, -0.05) is 79.6 Å². The summed E-state index contributed by atoms with van der Waals surface area (Å²) in [5, 5.41) is 14.8. The minimum Gasteiger partial charge on any atom is -0.465 e. The molecule has 0 atom stereocenters. The van der Waals surface area contributed by atoms with Crippen molar-refractivity contribution in [2.24, 2.45) is 0 Å². The van der Waals surface area contributed by atoms with Crippen LogP contribution in [0, 0.1) is 0 Å². The van der Waals surface area contributed by atoms with Gasteiger partial charge in [-0.05, 0) is 52.4 Å². The van der Waals surface area contributed by atoms with Crippen LogP contribution in [0.2, 0.25) is 0 Å². The van der Waals surface area contributed by atoms with Crippen molar-refractivity contribution in [2.75, 3.05) is 7.11 Å². The lowest BCUT2D eigenvalue weighted by Crippen LogP contribution is -2.24. The summed E-state index contributed by atoms with van der Waals surface area (Å²) in [4.78, 5) is 31.7. The van der Waals surface area contributed by atoms with E-state index in [1.165, 1.54) is 7.11 Å². The lowest BCUT2D eigenvalue weighted by atomic mass is 9.95. The summed E-state index contributed by atoms with van der Waals surface area (Å²) in [7, 11) is 1.36. The third-order valence-electron chi connectivity index (χ3n) is 8.53. The van der Waals surface area contributed by atoms with Crippen LogP contribution in [0.3, 0.4) is 0 Å². The predicted molar refractivity (Wildman–Crippen MR) is 166 cm³/mol. The Balaban J connectivity index is 1.36. The molecule has 1 fully saturated rings. The molecule has 1 saturated carbocycles. The minimum absolute atomic E-state index is 0.149. The number of carbonyl (C=O) groups excluding carboxylic acids is 1. The fraction of sp³-hybridized carbons (Fsp3) is 0.235. The zero-order valence-corrected chi connectivity index (χ0v) is 24.3. The van der Waals surface area contributed by atoms with Crippen LogP contribution in [0.5, 0.6) is 0 Å². The van der Waals surface area contributed by atoms with Gasteiger partial charge in [0.25, 0.3) is 5.56 Å². The molecule has 0 aliphatic heterocycles. The van der Waals surface area contributed by atoms with Crippen LogP contribution in [-0.4, -0.2) is 47.8 Å². The number of aromatic amines is 1. The number of esters is 1. The Hall–Kier alpha value is -5.38. The summed E-state index contributed by atoms with van der Waals surface area (Å²) in [6, 6.07) is 25.3. The Kier molecular flexibility index (Phi) is 7.31. The van der Waals surface area contributed by atoms with Gasteiger partial charge in [-0.3, -0.25) is 4.79 Å². The number of methoxy groups -OCH3 is 1. The first kappa shape index (κ1) is 27.5. The molecule has 10 heteroatoms. The molecule has 44 heavy (non-hydrogen) atoms. The van der Waals surface area contributed by atoms with Gasteiger partial charge in [0.2, 0.25) is 5.82 Å². The van der Waals surface area contributed by atoms with Crippen LogP contribution in [0.4, 0.5) is 0 Å². The lowest BCUT2D eigenvalue weighted by Gasteiger charge is -2.17. The second-order valence-corrected chi connectivity index (χ2v) is 11.1. The minimum atomic E-state index is -0.430. The van der Waals surface area contributed by atoms with Crippen LogP contribution >= 0.6 is 0 Å². The second-order valence-electron chi connectivity index (χ2n) is 11.1. The molecule has 0 bridgehead atoms. The number of pyridine rings is 1. The van der Waals surface area contributed by atoms with Crippen LogP contribution in [0.25, 0.3) is 33.5 Å². The number of carbonyl (C=O) groups is 1. The van der Waals surface area contributed by atoms with E-state index in [0.717, 1.165) is 53.8 Å². The fourth-order valence-electron chi connectivity index (χ4n) is 6.41. The van der Waals surface area contributed by atoms with Gasteiger partial charge in [0.15, 0.2) is 0 Å². The number of H-pyrrole nitrogens is 1. The molecule has 0 unspecified atom stereocenters. The van der Waals surface area contributed by atoms with E-state index >= 15 is 0 Å². The van der Waals surface area contributed by atoms with E-state index in [1.807, 2.05) is 48.5 Å². The highest BCUT2D eigenvalue weighted by Gasteiger charge is 2.26. The summed E-state index contributed by atoms with van der Waals surface area (Å²) in [5.74, 6) is 1.32. The molecule has 220 valence electrons. The summed E-state index contributed by atoms with van der Waals surface area (Å²) in [6.07, 6.45) is 6.16. The summed E-state index contributed by atoms with van der Waals surface area (Å²) in [6.45, 7) is 0.704. The highest BCUT2D eigenvalue weighted by molar-refractivity contribution is 5.91. The van der Waals surface area contributed by atoms with Crippen molar-refractivity contribution >= 4 is 17.0 Å². The molecule has 0 saturated heterocycles. The van der Waals surface area contributed by atoms with E-state index in [4.69, 9.17) is 9.72 Å². The standard InChI is InChI=1S/C34H31N7O3/c1-44-34(43)26-15-7-5-12-23(26)20-40-19-18-29-30(33(40)42)41(32(35-29)22-10-2-3-11-22)21-24-13-4-6-14-25(24)27-16-8-9-17-28(27)31-36-38-39-37-31/h4-9,12-19,22H,2-3,10-11,20-21H2,1H3,(H,36,37,38,39). The topological polar surface area (TPSA) is 121 Å². The van der Waals surface area contributed by atoms with E-state index in [2.05, 4.69) is 43.4 Å². The number of rotatable bonds is 8. The fourth-order valence-corrected chi connectivity index (χ4v) is 6.41. The van der Waals surface area contributed by atoms with E-state index < -0.39 is 5.97 Å². The number of benzene rings is 3. The van der Waals surface area contributed by atoms with E-state index in [9.17, 15) is 9.59 Å². The maximum Gasteiger partial charge on any atom is 0.338 e. The van der Waals surface area contributed by atoms with Gasteiger partial charge in [0.05, 0.1) is 31.3 Å². The second kappa shape index (κ2) is 11.7. The molecule has 1 aliphatic rings. The van der Waals surface area contributed by atoms with Gasteiger partial charge in [-0.2, -0.15) is 5.21 Å². The maximum absolute atomic E-state index is 14.2. The summed E-state index contributed by atoms with van der Waals surface area (Å²) >= 11 is 0. The Morgan fingerprint density at radius 3 is 2.34 bits per heavy atom. The zero-order chi connectivity index (χ0) is 30.0. The van der Waals surface area contributed by atoms with E-state index in [1.54, 1.807) is 22.9 Å². The molecule has 3 aromatic heterocycles. The third kappa shape index (κ3) is 4.98. The first-order valence-corrected chi connectivity index (χ1v) is 14.8. The van der Waals surface area contributed by atoms with E-state index in [-0.39, 0.29) is 18.0 Å². The molecule has 3 aromatic carbocycles. The molecule has 0 spiro atoms. The van der Waals surface area contributed by atoms with Crippen LogP contribution in [0.15, 0.2) is 89.9 Å². The Morgan fingerprint density at radius 2 is 1.59 bits per heavy atom. The smallest absolute Gasteiger partial charge is 0.338 e. The van der Waals surface area contributed by atoms with Gasteiger partial charge < -0.3 is 13.9 Å². The largest absolute Gasteiger partial charge is 0.465 e. The molecule has 1 N–H and O–H groups in total. The number of ether oxygens (including phenoxy) is 1. The molecule has 6 aromatic rings. The van der Waals surface area contributed by atoms with Crippen molar-refractivity contribution in [2.45, 2.75) is 44.7 Å². The van der Waals surface area contributed by atoms with Crippen LogP contribution < -0.4 is 5.56 Å². The predicted octanol–water partition coefficient (Wildman–Crippen LogP) is 5.59. The van der Waals surface area contributed by atoms with Crippen LogP contribution in [-0.2, 0) is 17.8 Å². The molecule has 1 aliphatic carbocycles. The highest BCUT2D eigenvalue weighted by atomic mass is 16.5. The number of fused-ring (bicyclic) bond motifs is 1. The van der Waals surface area contributed by atoms with Gasteiger partial charge in [-0.15, -0.1) is 10.2 Å². The highest BCUT2D eigenvalue weighted by Crippen LogP contribution is 2.37. The number of imidazole rings is 1. The van der Waals surface area contributed by atoms with Gasteiger partial charge >= 0.3 is 5.97 Å². The first-order chi connectivity index (χ1) is 21.6. The molecule has 10 nitrogen and oxygen atoms in total. The maximum atomic E-state index is 14.2. The molecular weight excluding hydrogens is 554 g/mol. The zero-order valence-electron chi connectivity index (χ0n) is 24.3. The Morgan fingerprint density at radius 1 is 0.886 bits per heavy atom. The SMILES string of the molecule is COC(=O)c1ccccc1Cn1ccc2nc(C3CCCC3)n(Cc3ccccc3-c3ccccc3-c3nn[nH]n3)c2c1=O. The molecule has 0 amide bonds. The number of hydrogen-bond acceptors (Lipinski definition) is 7. The summed E-state index contributed by atoms with van der Waals surface area (Å²) < 4.78 is 8.76. The van der Waals surface area contributed by atoms with Crippen molar-refractivity contribution in [1.82, 2.24) is 34.7 Å². The average molecular weight is 586 g/mol. The first-order valence-electron chi connectivity index (χ1n) is 14.8. The lowest BCUT2D eigenvalue weighted by molar-refractivity contribution is 0.0599. The molecule has 3 heterocycles. The monoisotopic (exact) mass is 585 g/mol. The Bertz CT molecular complexity index is 2020. The number of nitrogens with zero attached hydrogens (tertiary/aromatic N) is 6. The molecule has 0 radical (unpaired) electrons. The van der Waals surface area contributed by atoms with Gasteiger partial charge in [0.1, 0.15) is 11.3 Å². The van der Waals surface area contributed by atoms with Crippen molar-refractivity contribution in [3.63, 3.8) is 0 Å². The van der Waals surface area contributed by atoms with E-state index in [0.29, 0.717) is 34.5 Å². The summed E-state index contributed by atoms with van der Waals surface area (Å²) in [5.41, 5.74) is 6.17. The Labute approximate surface area is 253 Å². The number of aromatic nitrogens is 7. The van der Waals surface area contributed by atoms with Crippen molar-refractivity contribution in [3.8, 4) is 22.5 Å². The molecule has 7 rings (SSSR count). The van der Waals surface area contributed by atoms with Crippen molar-refractivity contribution in [1.29, 1.82) is 0 Å². The van der Waals surface area contributed by atoms with Crippen molar-refractivity contribution in [3.05, 3.63) is 118 Å². The number of tetrazole rings is 1. The van der Waals surface area contributed by atoms with Crippen molar-refractivity contribution < 1.29 is 9.53 Å². The number of nitrogens with one attached hydrogen (secondary N) is 1. The quantitative estimate of drug-likeness (QED) is 0.231. The normalized spacial score (nSPS) is 13.5. The molecular formula is C34H31N7O3.